The second kappa shape index (κ2) is 6.12. The molecule has 2 aliphatic heterocycles. The van der Waals surface area contributed by atoms with Crippen LogP contribution in [0.5, 0.6) is 0 Å². The van der Waals surface area contributed by atoms with E-state index in [9.17, 15) is 9.90 Å². The largest absolute Gasteiger partial charge is 0.477 e. The van der Waals surface area contributed by atoms with Gasteiger partial charge in [0.1, 0.15) is 0 Å². The summed E-state index contributed by atoms with van der Waals surface area (Å²) in [7, 11) is 0. The van der Waals surface area contributed by atoms with Crippen LogP contribution < -0.4 is 0 Å². The van der Waals surface area contributed by atoms with E-state index in [4.69, 9.17) is 0 Å². The molecule has 21 heavy (non-hydrogen) atoms. The van der Waals surface area contributed by atoms with Crippen molar-refractivity contribution in [3.8, 4) is 0 Å². The first-order chi connectivity index (χ1) is 10.1. The molecular formula is C16H23N3O2. The molecule has 2 saturated heterocycles. The number of rotatable bonds is 3. The molecule has 5 nitrogen and oxygen atoms in total. The minimum absolute atomic E-state index is 0.191. The molecule has 2 fully saturated rings. The average molecular weight is 289 g/mol. The molecule has 0 amide bonds. The van der Waals surface area contributed by atoms with Crippen LogP contribution in [0, 0.1) is 0 Å². The lowest BCUT2D eigenvalue weighted by Crippen LogP contribution is -2.58. The highest BCUT2D eigenvalue weighted by molar-refractivity contribution is 5.86. The summed E-state index contributed by atoms with van der Waals surface area (Å²) < 4.78 is 0. The Balaban J connectivity index is 1.74. The van der Waals surface area contributed by atoms with Crippen LogP contribution in [0.4, 0.5) is 0 Å². The molecule has 2 aliphatic rings. The van der Waals surface area contributed by atoms with Gasteiger partial charge in [0.2, 0.25) is 0 Å². The van der Waals surface area contributed by atoms with Crippen molar-refractivity contribution in [2.45, 2.75) is 44.8 Å². The Labute approximate surface area is 125 Å². The fourth-order valence-corrected chi connectivity index (χ4v) is 3.61. The number of fused-ring (bicyclic) bond motifs is 1. The van der Waals surface area contributed by atoms with E-state index in [1.54, 1.807) is 6.20 Å². The second-order valence-corrected chi connectivity index (χ2v) is 6.24. The summed E-state index contributed by atoms with van der Waals surface area (Å²) in [5.41, 5.74) is 1.01. The first-order valence-electron chi connectivity index (χ1n) is 7.80. The molecule has 0 aromatic carbocycles. The van der Waals surface area contributed by atoms with Gasteiger partial charge in [0.05, 0.1) is 0 Å². The molecule has 5 heteroatoms. The zero-order valence-corrected chi connectivity index (χ0v) is 12.5. The fraction of sp³-hybridized carbons (Fsp3) is 0.625. The molecule has 0 aliphatic carbocycles. The maximum absolute atomic E-state index is 11.3. The molecule has 2 atom stereocenters. The van der Waals surface area contributed by atoms with Crippen molar-refractivity contribution in [3.05, 3.63) is 29.6 Å². The van der Waals surface area contributed by atoms with Crippen LogP contribution in [-0.4, -0.2) is 57.6 Å². The fourth-order valence-electron chi connectivity index (χ4n) is 3.61. The zero-order chi connectivity index (χ0) is 14.8. The molecule has 1 aromatic rings. The maximum Gasteiger partial charge on any atom is 0.354 e. The van der Waals surface area contributed by atoms with Crippen molar-refractivity contribution in [2.24, 2.45) is 0 Å². The second-order valence-electron chi connectivity index (χ2n) is 6.24. The molecule has 0 bridgehead atoms. The topological polar surface area (TPSA) is 56.7 Å². The molecule has 2 unspecified atom stereocenters. The Hall–Kier alpha value is -1.46. The van der Waals surface area contributed by atoms with Gasteiger partial charge in [-0.15, -0.1) is 0 Å². The molecule has 0 spiro atoms. The van der Waals surface area contributed by atoms with E-state index in [0.717, 1.165) is 18.7 Å². The summed E-state index contributed by atoms with van der Waals surface area (Å²) in [6, 6.07) is 4.81. The molecule has 1 aromatic heterocycles. The van der Waals surface area contributed by atoms with Gasteiger partial charge in [-0.1, -0.05) is 12.5 Å². The number of piperazine rings is 1. The number of piperidine rings is 1. The van der Waals surface area contributed by atoms with Gasteiger partial charge >= 0.3 is 5.97 Å². The van der Waals surface area contributed by atoms with Crippen molar-refractivity contribution in [1.82, 2.24) is 14.8 Å². The monoisotopic (exact) mass is 289 g/mol. The third-order valence-electron chi connectivity index (χ3n) is 4.78. The lowest BCUT2D eigenvalue weighted by Gasteiger charge is -2.47. The van der Waals surface area contributed by atoms with E-state index in [-0.39, 0.29) is 5.69 Å². The summed E-state index contributed by atoms with van der Waals surface area (Å²) >= 11 is 0. The molecule has 0 radical (unpaired) electrons. The number of carbonyl (C=O) groups is 1. The quantitative estimate of drug-likeness (QED) is 0.920. The summed E-state index contributed by atoms with van der Waals surface area (Å²) in [6.07, 6.45) is 5.45. The van der Waals surface area contributed by atoms with Crippen molar-refractivity contribution in [1.29, 1.82) is 0 Å². The Morgan fingerprint density at radius 2 is 2.29 bits per heavy atom. The van der Waals surface area contributed by atoms with E-state index in [1.165, 1.54) is 25.8 Å². The van der Waals surface area contributed by atoms with Crippen LogP contribution in [0.2, 0.25) is 0 Å². The third kappa shape index (κ3) is 3.09. The van der Waals surface area contributed by atoms with Crippen LogP contribution in [0.15, 0.2) is 18.3 Å². The minimum Gasteiger partial charge on any atom is -0.477 e. The first kappa shape index (κ1) is 14.5. The van der Waals surface area contributed by atoms with Gasteiger partial charge in [0.25, 0.3) is 0 Å². The van der Waals surface area contributed by atoms with E-state index in [1.807, 2.05) is 12.1 Å². The van der Waals surface area contributed by atoms with Crippen LogP contribution in [-0.2, 0) is 6.54 Å². The van der Waals surface area contributed by atoms with Crippen molar-refractivity contribution >= 4 is 5.97 Å². The summed E-state index contributed by atoms with van der Waals surface area (Å²) in [5.74, 6) is -0.936. The first-order valence-corrected chi connectivity index (χ1v) is 7.80. The Bertz CT molecular complexity index is 520. The SMILES string of the molecule is CC1CN2CCCCC2CN1Cc1cccnc1C(=O)O. The van der Waals surface area contributed by atoms with Crippen molar-refractivity contribution < 1.29 is 9.90 Å². The Morgan fingerprint density at radius 1 is 1.43 bits per heavy atom. The third-order valence-corrected chi connectivity index (χ3v) is 4.78. The molecule has 1 N–H and O–H groups in total. The predicted octanol–water partition coefficient (Wildman–Crippen LogP) is 1.84. The van der Waals surface area contributed by atoms with E-state index in [2.05, 4.69) is 21.7 Å². The molecule has 3 rings (SSSR count). The van der Waals surface area contributed by atoms with Crippen molar-refractivity contribution in [2.75, 3.05) is 19.6 Å². The zero-order valence-electron chi connectivity index (χ0n) is 12.5. The van der Waals surface area contributed by atoms with E-state index >= 15 is 0 Å². The van der Waals surface area contributed by atoms with Gasteiger partial charge in [0.15, 0.2) is 5.69 Å². The number of hydrogen-bond donors (Lipinski definition) is 1. The van der Waals surface area contributed by atoms with Gasteiger partial charge in [-0.25, -0.2) is 9.78 Å². The van der Waals surface area contributed by atoms with Gasteiger partial charge < -0.3 is 5.11 Å². The average Bonchev–Trinajstić information content (AvgIpc) is 2.48. The highest BCUT2D eigenvalue weighted by Crippen LogP contribution is 2.25. The van der Waals surface area contributed by atoms with Crippen LogP contribution in [0.25, 0.3) is 0 Å². The maximum atomic E-state index is 11.3. The number of aromatic nitrogens is 1. The number of aromatic carboxylic acids is 1. The van der Waals surface area contributed by atoms with E-state index in [0.29, 0.717) is 18.6 Å². The summed E-state index contributed by atoms with van der Waals surface area (Å²) in [6.45, 7) is 6.27. The van der Waals surface area contributed by atoms with Gasteiger partial charge in [-0.2, -0.15) is 0 Å². The number of pyridine rings is 1. The standard InChI is InChI=1S/C16H23N3O2/c1-12-9-18-8-3-2-6-14(18)11-19(12)10-13-5-4-7-17-15(13)16(20)21/h4-5,7,12,14H,2-3,6,8-11H2,1H3,(H,20,21). The van der Waals surface area contributed by atoms with Gasteiger partial charge in [0, 0.05) is 37.9 Å². The molecule has 0 saturated carbocycles. The number of carboxylic acid groups (broad SMARTS) is 1. The molecule has 114 valence electrons. The number of nitrogens with zero attached hydrogens (tertiary/aromatic N) is 3. The molecular weight excluding hydrogens is 266 g/mol. The summed E-state index contributed by atoms with van der Waals surface area (Å²) in [5, 5.41) is 9.26. The van der Waals surface area contributed by atoms with Gasteiger partial charge in [-0.05, 0) is 37.9 Å². The van der Waals surface area contributed by atoms with Crippen LogP contribution in [0.1, 0.15) is 42.2 Å². The van der Waals surface area contributed by atoms with E-state index < -0.39 is 5.97 Å². The number of hydrogen-bond acceptors (Lipinski definition) is 4. The Kier molecular flexibility index (Phi) is 4.22. The molecule has 3 heterocycles. The minimum atomic E-state index is -0.936. The lowest BCUT2D eigenvalue weighted by atomic mass is 9.96. The highest BCUT2D eigenvalue weighted by atomic mass is 16.4. The predicted molar refractivity (Wildman–Crippen MR) is 80.3 cm³/mol. The highest BCUT2D eigenvalue weighted by Gasteiger charge is 2.33. The number of carboxylic acids is 1. The van der Waals surface area contributed by atoms with Crippen molar-refractivity contribution in [3.63, 3.8) is 0 Å². The van der Waals surface area contributed by atoms with Crippen LogP contribution in [0.3, 0.4) is 0 Å². The normalized spacial score (nSPS) is 27.3. The smallest absolute Gasteiger partial charge is 0.354 e. The lowest BCUT2D eigenvalue weighted by molar-refractivity contribution is 0.0108. The van der Waals surface area contributed by atoms with Gasteiger partial charge in [-0.3, -0.25) is 9.80 Å². The summed E-state index contributed by atoms with van der Waals surface area (Å²) in [4.78, 5) is 20.3. The Morgan fingerprint density at radius 3 is 3.10 bits per heavy atom. The van der Waals surface area contributed by atoms with Crippen LogP contribution >= 0.6 is 0 Å².